The van der Waals surface area contributed by atoms with Crippen molar-refractivity contribution in [1.82, 2.24) is 0 Å². The number of rotatable bonds is 5. The van der Waals surface area contributed by atoms with E-state index in [0.717, 1.165) is 17.8 Å². The van der Waals surface area contributed by atoms with Crippen molar-refractivity contribution in [2.75, 3.05) is 5.32 Å². The number of para-hydroxylation sites is 1. The standard InChI is InChI=1S/C13H17NO/c1-3-7-13(15)10-11(2)14-12-8-5-4-6-9-12/h4-6,8-10,14H,3,7H2,1-2H3/b11-10-. The predicted octanol–water partition coefficient (Wildman–Crippen LogP) is 3.37. The van der Waals surface area contributed by atoms with Crippen LogP contribution in [0.2, 0.25) is 0 Å². The maximum Gasteiger partial charge on any atom is 0.157 e. The Morgan fingerprint density at radius 3 is 2.60 bits per heavy atom. The molecule has 1 aromatic rings. The number of hydrogen-bond acceptors (Lipinski definition) is 2. The highest BCUT2D eigenvalue weighted by Crippen LogP contribution is 2.08. The Hall–Kier alpha value is -1.57. The quantitative estimate of drug-likeness (QED) is 0.743. The molecule has 80 valence electrons. The molecule has 0 unspecified atom stereocenters. The van der Waals surface area contributed by atoms with Gasteiger partial charge >= 0.3 is 0 Å². The van der Waals surface area contributed by atoms with Crippen molar-refractivity contribution in [3.63, 3.8) is 0 Å². The van der Waals surface area contributed by atoms with Crippen LogP contribution in [-0.2, 0) is 4.79 Å². The fraction of sp³-hybridized carbons (Fsp3) is 0.308. The fourth-order valence-corrected chi connectivity index (χ4v) is 1.35. The maximum atomic E-state index is 11.3. The third-order valence-electron chi connectivity index (χ3n) is 1.99. The van der Waals surface area contributed by atoms with Gasteiger partial charge < -0.3 is 5.32 Å². The van der Waals surface area contributed by atoms with E-state index >= 15 is 0 Å². The second-order valence-electron chi connectivity index (χ2n) is 3.53. The second kappa shape index (κ2) is 6.02. The van der Waals surface area contributed by atoms with Crippen LogP contribution in [-0.4, -0.2) is 5.78 Å². The summed E-state index contributed by atoms with van der Waals surface area (Å²) in [6, 6.07) is 9.84. The first-order chi connectivity index (χ1) is 7.22. The average molecular weight is 203 g/mol. The number of carbonyl (C=O) groups excluding carboxylic acids is 1. The molecular weight excluding hydrogens is 186 g/mol. The first kappa shape index (κ1) is 11.5. The van der Waals surface area contributed by atoms with Gasteiger partial charge in [0.25, 0.3) is 0 Å². The van der Waals surface area contributed by atoms with Crippen LogP contribution in [0.25, 0.3) is 0 Å². The first-order valence-electron chi connectivity index (χ1n) is 5.25. The lowest BCUT2D eigenvalue weighted by molar-refractivity contribution is -0.114. The summed E-state index contributed by atoms with van der Waals surface area (Å²) < 4.78 is 0. The molecule has 0 atom stereocenters. The maximum absolute atomic E-state index is 11.3. The molecule has 0 aliphatic carbocycles. The lowest BCUT2D eigenvalue weighted by Gasteiger charge is -2.05. The Labute approximate surface area is 91.0 Å². The van der Waals surface area contributed by atoms with Crippen LogP contribution in [0, 0.1) is 0 Å². The van der Waals surface area contributed by atoms with Gasteiger partial charge in [0.05, 0.1) is 0 Å². The minimum atomic E-state index is 0.179. The molecule has 0 amide bonds. The normalized spacial score (nSPS) is 11.2. The van der Waals surface area contributed by atoms with E-state index in [1.165, 1.54) is 0 Å². The van der Waals surface area contributed by atoms with Crippen LogP contribution in [0.1, 0.15) is 26.7 Å². The minimum Gasteiger partial charge on any atom is -0.359 e. The molecule has 0 aromatic heterocycles. The average Bonchev–Trinajstić information content (AvgIpc) is 2.19. The van der Waals surface area contributed by atoms with Crippen LogP contribution < -0.4 is 5.32 Å². The summed E-state index contributed by atoms with van der Waals surface area (Å²) in [5, 5.41) is 3.17. The first-order valence-corrected chi connectivity index (χ1v) is 5.25. The molecule has 1 aromatic carbocycles. The van der Waals surface area contributed by atoms with E-state index in [2.05, 4.69) is 5.32 Å². The van der Waals surface area contributed by atoms with E-state index in [9.17, 15) is 4.79 Å². The highest BCUT2D eigenvalue weighted by Gasteiger charge is 1.97. The summed E-state index contributed by atoms with van der Waals surface area (Å²) in [5.41, 5.74) is 1.90. The van der Waals surface area contributed by atoms with Gasteiger partial charge in [-0.2, -0.15) is 0 Å². The van der Waals surface area contributed by atoms with E-state index in [4.69, 9.17) is 0 Å². The Morgan fingerprint density at radius 1 is 1.33 bits per heavy atom. The number of benzene rings is 1. The summed E-state index contributed by atoms with van der Waals surface area (Å²) in [7, 11) is 0. The lowest BCUT2D eigenvalue weighted by Crippen LogP contribution is -2.00. The van der Waals surface area contributed by atoms with Gasteiger partial charge in [-0.25, -0.2) is 0 Å². The molecule has 0 spiro atoms. The molecule has 0 fully saturated rings. The topological polar surface area (TPSA) is 29.1 Å². The zero-order valence-corrected chi connectivity index (χ0v) is 9.29. The molecule has 0 aliphatic heterocycles. The summed E-state index contributed by atoms with van der Waals surface area (Å²) in [4.78, 5) is 11.3. The molecule has 0 heterocycles. The van der Waals surface area contributed by atoms with Gasteiger partial charge in [0, 0.05) is 23.9 Å². The van der Waals surface area contributed by atoms with Crippen molar-refractivity contribution in [2.45, 2.75) is 26.7 Å². The Bertz CT molecular complexity index is 341. The fourth-order valence-electron chi connectivity index (χ4n) is 1.35. The molecule has 1 rings (SSSR count). The summed E-state index contributed by atoms with van der Waals surface area (Å²) in [6.07, 6.45) is 3.18. The minimum absolute atomic E-state index is 0.179. The third kappa shape index (κ3) is 4.45. The number of allylic oxidation sites excluding steroid dienone is 2. The number of anilines is 1. The smallest absolute Gasteiger partial charge is 0.157 e. The second-order valence-corrected chi connectivity index (χ2v) is 3.53. The largest absolute Gasteiger partial charge is 0.359 e. The van der Waals surface area contributed by atoms with Gasteiger partial charge in [-0.3, -0.25) is 4.79 Å². The number of carbonyl (C=O) groups is 1. The van der Waals surface area contributed by atoms with Gasteiger partial charge in [0.1, 0.15) is 0 Å². The van der Waals surface area contributed by atoms with Crippen LogP contribution in [0.5, 0.6) is 0 Å². The van der Waals surface area contributed by atoms with Gasteiger partial charge in [-0.1, -0.05) is 25.1 Å². The molecule has 0 aliphatic rings. The molecule has 0 bridgehead atoms. The lowest BCUT2D eigenvalue weighted by atomic mass is 10.2. The van der Waals surface area contributed by atoms with Crippen molar-refractivity contribution >= 4 is 11.5 Å². The zero-order chi connectivity index (χ0) is 11.1. The highest BCUT2D eigenvalue weighted by molar-refractivity contribution is 5.90. The van der Waals surface area contributed by atoms with Gasteiger partial charge in [-0.05, 0) is 25.5 Å². The van der Waals surface area contributed by atoms with Crippen molar-refractivity contribution in [1.29, 1.82) is 0 Å². The van der Waals surface area contributed by atoms with Crippen molar-refractivity contribution in [2.24, 2.45) is 0 Å². The molecule has 2 nitrogen and oxygen atoms in total. The molecule has 0 radical (unpaired) electrons. The Morgan fingerprint density at radius 2 is 2.00 bits per heavy atom. The van der Waals surface area contributed by atoms with Crippen molar-refractivity contribution in [3.05, 3.63) is 42.1 Å². The number of nitrogens with one attached hydrogen (secondary N) is 1. The van der Waals surface area contributed by atoms with E-state index in [-0.39, 0.29) is 5.78 Å². The van der Waals surface area contributed by atoms with E-state index in [0.29, 0.717) is 6.42 Å². The molecule has 2 heteroatoms. The Kier molecular flexibility index (Phi) is 4.61. The van der Waals surface area contributed by atoms with Gasteiger partial charge in [0.15, 0.2) is 5.78 Å². The monoisotopic (exact) mass is 203 g/mol. The molecule has 0 saturated heterocycles. The van der Waals surface area contributed by atoms with E-state index < -0.39 is 0 Å². The summed E-state index contributed by atoms with van der Waals surface area (Å²) in [6.45, 7) is 3.91. The Balaban J connectivity index is 2.55. The molecule has 15 heavy (non-hydrogen) atoms. The number of hydrogen-bond donors (Lipinski definition) is 1. The molecule has 1 N–H and O–H groups in total. The van der Waals surface area contributed by atoms with E-state index in [1.54, 1.807) is 6.08 Å². The van der Waals surface area contributed by atoms with Crippen molar-refractivity contribution < 1.29 is 4.79 Å². The zero-order valence-electron chi connectivity index (χ0n) is 9.29. The predicted molar refractivity (Wildman–Crippen MR) is 63.7 cm³/mol. The van der Waals surface area contributed by atoms with E-state index in [1.807, 2.05) is 44.2 Å². The van der Waals surface area contributed by atoms with Crippen LogP contribution >= 0.6 is 0 Å². The van der Waals surface area contributed by atoms with Gasteiger partial charge in [0.2, 0.25) is 0 Å². The van der Waals surface area contributed by atoms with Gasteiger partial charge in [-0.15, -0.1) is 0 Å². The van der Waals surface area contributed by atoms with Crippen LogP contribution in [0.3, 0.4) is 0 Å². The third-order valence-corrected chi connectivity index (χ3v) is 1.99. The summed E-state index contributed by atoms with van der Waals surface area (Å²) >= 11 is 0. The summed E-state index contributed by atoms with van der Waals surface area (Å²) in [5.74, 6) is 0.179. The van der Waals surface area contributed by atoms with Crippen LogP contribution in [0.4, 0.5) is 5.69 Å². The molecular formula is C13H17NO. The van der Waals surface area contributed by atoms with Crippen LogP contribution in [0.15, 0.2) is 42.1 Å². The number of ketones is 1. The van der Waals surface area contributed by atoms with Crippen molar-refractivity contribution in [3.8, 4) is 0 Å². The SMILES string of the molecule is CCCC(=O)/C=C(/C)Nc1ccccc1. The molecule has 0 saturated carbocycles. The highest BCUT2D eigenvalue weighted by atomic mass is 16.1.